The molecule has 7 N–H and O–H groups in total. The van der Waals surface area contributed by atoms with E-state index in [9.17, 15) is 15.3 Å². The molecule has 0 aliphatic rings. The molecule has 9 heteroatoms. The van der Waals surface area contributed by atoms with E-state index in [2.05, 4.69) is 69.1 Å². The molecule has 0 unspecified atom stereocenters. The summed E-state index contributed by atoms with van der Waals surface area (Å²) < 4.78 is 0. The maximum atomic E-state index is 9.56. The molecule has 2 aromatic heterocycles. The summed E-state index contributed by atoms with van der Waals surface area (Å²) in [6, 6.07) is 29.7. The number of aromatic amines is 2. The molecule has 2 heterocycles. The van der Waals surface area contributed by atoms with Crippen molar-refractivity contribution in [3.8, 4) is 39.8 Å². The molecular weight excluding hydrogens is 552 g/mol. The van der Waals surface area contributed by atoms with Gasteiger partial charge in [-0.15, -0.1) is 0 Å². The van der Waals surface area contributed by atoms with Crippen LogP contribution < -0.4 is 10.6 Å². The Kier molecular flexibility index (Phi) is 9.15. The lowest BCUT2D eigenvalue weighted by atomic mass is 10.1. The SMILES string of the molecule is CCc1cc(O)ccc1Nc1cc(-c2ccc(C)cc2)[nH]n1.CCc1cc(O)ccc1Nc1cc(-c2ccc(O)cc2)[nH]n1. The Morgan fingerprint density at radius 2 is 0.955 bits per heavy atom. The third-order valence-corrected chi connectivity index (χ3v) is 7.16. The van der Waals surface area contributed by atoms with Crippen molar-refractivity contribution in [2.75, 3.05) is 10.6 Å². The lowest BCUT2D eigenvalue weighted by molar-refractivity contribution is 0.474. The minimum atomic E-state index is 0.235. The Balaban J connectivity index is 0.000000175. The smallest absolute Gasteiger partial charge is 0.152 e. The van der Waals surface area contributed by atoms with Gasteiger partial charge in [-0.05, 0) is 103 Å². The van der Waals surface area contributed by atoms with Crippen LogP contribution in [0.25, 0.3) is 22.5 Å². The second-order valence-corrected chi connectivity index (χ2v) is 10.4. The van der Waals surface area contributed by atoms with Crippen LogP contribution in [0.3, 0.4) is 0 Å². The molecule has 224 valence electrons. The molecule has 6 aromatic rings. The highest BCUT2D eigenvalue weighted by Crippen LogP contribution is 2.28. The van der Waals surface area contributed by atoms with E-state index in [1.54, 1.807) is 36.4 Å². The van der Waals surface area contributed by atoms with E-state index in [0.717, 1.165) is 63.7 Å². The molecule has 0 fully saturated rings. The summed E-state index contributed by atoms with van der Waals surface area (Å²) in [6.07, 6.45) is 1.65. The molecule has 4 aromatic carbocycles. The van der Waals surface area contributed by atoms with Gasteiger partial charge in [-0.2, -0.15) is 10.2 Å². The fraction of sp³-hybridized carbons (Fsp3) is 0.143. The maximum Gasteiger partial charge on any atom is 0.152 e. The van der Waals surface area contributed by atoms with E-state index in [-0.39, 0.29) is 17.2 Å². The van der Waals surface area contributed by atoms with Crippen molar-refractivity contribution in [3.63, 3.8) is 0 Å². The van der Waals surface area contributed by atoms with E-state index < -0.39 is 0 Å². The summed E-state index contributed by atoms with van der Waals surface area (Å²) in [7, 11) is 0. The van der Waals surface area contributed by atoms with Crippen LogP contribution in [0, 0.1) is 6.92 Å². The highest BCUT2D eigenvalue weighted by molar-refractivity contribution is 5.69. The number of hydrogen-bond donors (Lipinski definition) is 7. The summed E-state index contributed by atoms with van der Waals surface area (Å²) in [5.74, 6) is 2.23. The number of hydrogen-bond acceptors (Lipinski definition) is 7. The number of aromatic nitrogens is 4. The zero-order valence-corrected chi connectivity index (χ0v) is 24.9. The Labute approximate surface area is 256 Å². The first-order chi connectivity index (χ1) is 21.3. The van der Waals surface area contributed by atoms with Crippen molar-refractivity contribution in [2.45, 2.75) is 33.6 Å². The summed E-state index contributed by atoms with van der Waals surface area (Å²) in [6.45, 7) is 6.16. The lowest BCUT2D eigenvalue weighted by Gasteiger charge is -2.08. The lowest BCUT2D eigenvalue weighted by Crippen LogP contribution is -1.95. The molecule has 6 rings (SSSR count). The Bertz CT molecular complexity index is 1690. The number of aromatic hydroxyl groups is 3. The third kappa shape index (κ3) is 7.38. The number of rotatable bonds is 8. The summed E-state index contributed by atoms with van der Waals surface area (Å²) in [5.41, 5.74) is 9.07. The first-order valence-corrected chi connectivity index (χ1v) is 14.5. The number of phenolic OH excluding ortho intramolecular Hbond substituents is 3. The summed E-state index contributed by atoms with van der Waals surface area (Å²) in [5, 5.41) is 49.5. The van der Waals surface area contributed by atoms with E-state index in [4.69, 9.17) is 0 Å². The fourth-order valence-corrected chi connectivity index (χ4v) is 4.71. The maximum absolute atomic E-state index is 9.56. The van der Waals surface area contributed by atoms with Gasteiger partial charge in [0.25, 0.3) is 0 Å². The Hall–Kier alpha value is -5.70. The molecule has 9 nitrogen and oxygen atoms in total. The van der Waals surface area contributed by atoms with Crippen LogP contribution in [0.2, 0.25) is 0 Å². The molecule has 0 amide bonds. The topological polar surface area (TPSA) is 142 Å². The van der Waals surface area contributed by atoms with Gasteiger partial charge in [0.2, 0.25) is 0 Å². The van der Waals surface area contributed by atoms with Crippen molar-refractivity contribution in [1.29, 1.82) is 0 Å². The van der Waals surface area contributed by atoms with Gasteiger partial charge in [0, 0.05) is 23.5 Å². The first-order valence-electron chi connectivity index (χ1n) is 14.5. The standard InChI is InChI=1S/C18H19N3O.C17H17N3O2/c1-3-13-10-15(22)8-9-16(13)19-18-11-17(20-21-18)14-6-4-12(2)5-7-14;1-2-11-9-14(22)7-8-15(11)18-17-10-16(19-20-17)12-3-5-13(21)6-4-12/h4-11,22H,3H2,1-2H3,(H2,19,20,21);3-10,21-22H,2H2,1H3,(H2,18,19,20). The second-order valence-electron chi connectivity index (χ2n) is 10.4. The molecule has 44 heavy (non-hydrogen) atoms. The molecule has 0 saturated carbocycles. The van der Waals surface area contributed by atoms with Gasteiger partial charge >= 0.3 is 0 Å². The molecule has 0 saturated heterocycles. The molecule has 0 aliphatic heterocycles. The van der Waals surface area contributed by atoms with Crippen LogP contribution in [0.5, 0.6) is 17.2 Å². The largest absolute Gasteiger partial charge is 0.508 e. The van der Waals surface area contributed by atoms with Crippen molar-refractivity contribution in [3.05, 3.63) is 114 Å². The number of aryl methyl sites for hydroxylation is 3. The second kappa shape index (κ2) is 13.5. The van der Waals surface area contributed by atoms with Gasteiger partial charge in [-0.1, -0.05) is 43.7 Å². The van der Waals surface area contributed by atoms with Crippen molar-refractivity contribution >= 4 is 23.0 Å². The zero-order chi connectivity index (χ0) is 31.1. The van der Waals surface area contributed by atoms with Gasteiger partial charge in [-0.3, -0.25) is 10.2 Å². The van der Waals surface area contributed by atoms with Crippen LogP contribution in [-0.4, -0.2) is 35.7 Å². The average molecular weight is 589 g/mol. The van der Waals surface area contributed by atoms with Crippen LogP contribution in [0.1, 0.15) is 30.5 Å². The summed E-state index contributed by atoms with van der Waals surface area (Å²) in [4.78, 5) is 0. The monoisotopic (exact) mass is 588 g/mol. The number of anilines is 4. The Morgan fingerprint density at radius 3 is 1.39 bits per heavy atom. The van der Waals surface area contributed by atoms with E-state index in [0.29, 0.717) is 5.82 Å². The van der Waals surface area contributed by atoms with Gasteiger partial charge in [0.05, 0.1) is 11.4 Å². The van der Waals surface area contributed by atoms with Gasteiger partial charge in [0.15, 0.2) is 11.6 Å². The van der Waals surface area contributed by atoms with Crippen LogP contribution in [0.4, 0.5) is 23.0 Å². The van der Waals surface area contributed by atoms with Crippen molar-refractivity contribution < 1.29 is 15.3 Å². The zero-order valence-electron chi connectivity index (χ0n) is 24.9. The molecular formula is C35H36N6O3. The van der Waals surface area contributed by atoms with Crippen LogP contribution in [-0.2, 0) is 12.8 Å². The van der Waals surface area contributed by atoms with Crippen LogP contribution in [0.15, 0.2) is 97.1 Å². The third-order valence-electron chi connectivity index (χ3n) is 7.16. The number of phenols is 3. The van der Waals surface area contributed by atoms with Crippen LogP contribution >= 0.6 is 0 Å². The minimum absolute atomic E-state index is 0.235. The molecule has 0 spiro atoms. The number of nitrogens with zero attached hydrogens (tertiary/aromatic N) is 2. The van der Waals surface area contributed by atoms with Gasteiger partial charge < -0.3 is 26.0 Å². The van der Waals surface area contributed by atoms with Crippen molar-refractivity contribution in [2.24, 2.45) is 0 Å². The van der Waals surface area contributed by atoms with E-state index >= 15 is 0 Å². The molecule has 0 radical (unpaired) electrons. The Morgan fingerprint density at radius 1 is 0.545 bits per heavy atom. The average Bonchev–Trinajstić information content (AvgIpc) is 3.70. The highest BCUT2D eigenvalue weighted by Gasteiger charge is 2.09. The highest BCUT2D eigenvalue weighted by atomic mass is 16.3. The first kappa shape index (κ1) is 29.8. The molecule has 0 bridgehead atoms. The number of benzene rings is 4. The van der Waals surface area contributed by atoms with Crippen molar-refractivity contribution in [1.82, 2.24) is 20.4 Å². The fourth-order valence-electron chi connectivity index (χ4n) is 4.71. The van der Waals surface area contributed by atoms with E-state index in [1.165, 1.54) is 5.56 Å². The number of nitrogens with one attached hydrogen (secondary N) is 4. The quantitative estimate of drug-likeness (QED) is 0.0889. The molecule has 0 aliphatic carbocycles. The molecule has 0 atom stereocenters. The summed E-state index contributed by atoms with van der Waals surface area (Å²) >= 11 is 0. The predicted octanol–water partition coefficient (Wildman–Crippen LogP) is 8.19. The van der Waals surface area contributed by atoms with Gasteiger partial charge in [0.1, 0.15) is 17.2 Å². The predicted molar refractivity (Wildman–Crippen MR) is 176 cm³/mol. The van der Waals surface area contributed by atoms with E-state index in [1.807, 2.05) is 43.3 Å². The minimum Gasteiger partial charge on any atom is -0.508 e. The normalized spacial score (nSPS) is 10.6. The number of H-pyrrole nitrogens is 2. The van der Waals surface area contributed by atoms with Gasteiger partial charge in [-0.25, -0.2) is 0 Å².